The predicted octanol–water partition coefficient (Wildman–Crippen LogP) is 1.81. The molecular weight excluding hydrogens is 254 g/mol. The van der Waals surface area contributed by atoms with Crippen LogP contribution in [0.5, 0.6) is 0 Å². The first kappa shape index (κ1) is 16.2. The van der Waals surface area contributed by atoms with Gasteiger partial charge in [-0.1, -0.05) is 0 Å². The zero-order valence-corrected chi connectivity index (χ0v) is 12.3. The minimum Gasteiger partial charge on any atom is -0.352 e. The molecule has 1 aromatic carbocycles. The molecular formula is C15H23N3O2. The van der Waals surface area contributed by atoms with Crippen LogP contribution in [0.3, 0.4) is 0 Å². The minimum absolute atomic E-state index is 0.0157. The Morgan fingerprint density at radius 1 is 1.35 bits per heavy atom. The third-order valence-corrected chi connectivity index (χ3v) is 2.93. The second-order valence-electron chi connectivity index (χ2n) is 4.95. The van der Waals surface area contributed by atoms with Crippen molar-refractivity contribution in [2.24, 2.45) is 5.73 Å². The predicted molar refractivity (Wildman–Crippen MR) is 80.7 cm³/mol. The number of benzene rings is 1. The van der Waals surface area contributed by atoms with E-state index in [-0.39, 0.29) is 17.9 Å². The van der Waals surface area contributed by atoms with Crippen molar-refractivity contribution in [3.05, 3.63) is 29.3 Å². The summed E-state index contributed by atoms with van der Waals surface area (Å²) >= 11 is 0. The maximum absolute atomic E-state index is 11.7. The van der Waals surface area contributed by atoms with Crippen LogP contribution in [0.1, 0.15) is 42.6 Å². The molecule has 0 saturated carbocycles. The monoisotopic (exact) mass is 277 g/mol. The highest BCUT2D eigenvalue weighted by Crippen LogP contribution is 2.17. The molecule has 0 fully saturated rings. The summed E-state index contributed by atoms with van der Waals surface area (Å²) in [5.41, 5.74) is 7.81. The Bertz CT molecular complexity index is 484. The fourth-order valence-corrected chi connectivity index (χ4v) is 1.78. The molecule has 1 unspecified atom stereocenters. The minimum atomic E-state index is -0.106. The van der Waals surface area contributed by atoms with Crippen LogP contribution in [0.4, 0.5) is 5.69 Å². The molecule has 0 aliphatic rings. The zero-order valence-electron chi connectivity index (χ0n) is 12.3. The summed E-state index contributed by atoms with van der Waals surface area (Å²) in [6.07, 6.45) is 1.05. The van der Waals surface area contributed by atoms with E-state index >= 15 is 0 Å². The standard InChI is InChI=1S/C15H23N3O2/c1-4-17-15(20)12-6-7-13(10(2)9-12)18-14(19)8-5-11(3)16/h6-7,9,11H,4-5,8,16H2,1-3H3,(H,17,20)(H,18,19). The van der Waals surface area contributed by atoms with E-state index in [0.29, 0.717) is 24.9 Å². The zero-order chi connectivity index (χ0) is 15.1. The van der Waals surface area contributed by atoms with Gasteiger partial charge >= 0.3 is 0 Å². The van der Waals surface area contributed by atoms with E-state index in [1.54, 1.807) is 18.2 Å². The molecule has 110 valence electrons. The van der Waals surface area contributed by atoms with E-state index in [1.165, 1.54) is 0 Å². The summed E-state index contributed by atoms with van der Waals surface area (Å²) in [6, 6.07) is 5.25. The summed E-state index contributed by atoms with van der Waals surface area (Å²) < 4.78 is 0. The van der Waals surface area contributed by atoms with Crippen molar-refractivity contribution < 1.29 is 9.59 Å². The van der Waals surface area contributed by atoms with Gasteiger partial charge in [0.2, 0.25) is 5.91 Å². The maximum atomic E-state index is 11.7. The van der Waals surface area contributed by atoms with Crippen LogP contribution in [0.2, 0.25) is 0 Å². The Morgan fingerprint density at radius 2 is 2.05 bits per heavy atom. The number of carbonyl (C=O) groups excluding carboxylic acids is 2. The van der Waals surface area contributed by atoms with Gasteiger partial charge in [0.15, 0.2) is 0 Å². The van der Waals surface area contributed by atoms with E-state index in [2.05, 4.69) is 10.6 Å². The van der Waals surface area contributed by atoms with E-state index < -0.39 is 0 Å². The van der Waals surface area contributed by atoms with Crippen LogP contribution >= 0.6 is 0 Å². The lowest BCUT2D eigenvalue weighted by molar-refractivity contribution is -0.116. The van der Waals surface area contributed by atoms with E-state index in [4.69, 9.17) is 5.73 Å². The molecule has 1 aromatic rings. The number of hydrogen-bond donors (Lipinski definition) is 3. The number of amides is 2. The number of aryl methyl sites for hydroxylation is 1. The van der Waals surface area contributed by atoms with Gasteiger partial charge in [-0.3, -0.25) is 9.59 Å². The Morgan fingerprint density at radius 3 is 2.60 bits per heavy atom. The number of nitrogens with two attached hydrogens (primary N) is 1. The molecule has 0 aromatic heterocycles. The first-order valence-corrected chi connectivity index (χ1v) is 6.88. The first-order valence-electron chi connectivity index (χ1n) is 6.88. The number of nitrogens with one attached hydrogen (secondary N) is 2. The topological polar surface area (TPSA) is 84.2 Å². The molecule has 4 N–H and O–H groups in total. The van der Waals surface area contributed by atoms with Crippen molar-refractivity contribution >= 4 is 17.5 Å². The van der Waals surface area contributed by atoms with Crippen molar-refractivity contribution in [1.82, 2.24) is 5.32 Å². The molecule has 20 heavy (non-hydrogen) atoms. The van der Waals surface area contributed by atoms with Crippen molar-refractivity contribution in [1.29, 1.82) is 0 Å². The molecule has 0 saturated heterocycles. The summed E-state index contributed by atoms with van der Waals surface area (Å²) in [5.74, 6) is -0.165. The smallest absolute Gasteiger partial charge is 0.251 e. The Hall–Kier alpha value is -1.88. The molecule has 0 radical (unpaired) electrons. The highest BCUT2D eigenvalue weighted by molar-refractivity contribution is 5.96. The van der Waals surface area contributed by atoms with Crippen molar-refractivity contribution in [3.8, 4) is 0 Å². The van der Waals surface area contributed by atoms with Crippen LogP contribution in [0.15, 0.2) is 18.2 Å². The van der Waals surface area contributed by atoms with E-state index in [9.17, 15) is 9.59 Å². The van der Waals surface area contributed by atoms with Crippen LogP contribution in [0.25, 0.3) is 0 Å². The largest absolute Gasteiger partial charge is 0.352 e. The lowest BCUT2D eigenvalue weighted by Crippen LogP contribution is -2.23. The maximum Gasteiger partial charge on any atom is 0.251 e. The SMILES string of the molecule is CCNC(=O)c1ccc(NC(=O)CCC(C)N)c(C)c1. The summed E-state index contributed by atoms with van der Waals surface area (Å²) in [7, 11) is 0. The van der Waals surface area contributed by atoms with Gasteiger partial charge in [0.25, 0.3) is 5.91 Å². The van der Waals surface area contributed by atoms with Gasteiger partial charge < -0.3 is 16.4 Å². The van der Waals surface area contributed by atoms with Crippen LogP contribution in [-0.4, -0.2) is 24.4 Å². The highest BCUT2D eigenvalue weighted by Gasteiger charge is 2.09. The first-order chi connectivity index (χ1) is 9.43. The Kier molecular flexibility index (Phi) is 6.18. The van der Waals surface area contributed by atoms with Crippen molar-refractivity contribution in [2.75, 3.05) is 11.9 Å². The summed E-state index contributed by atoms with van der Waals surface area (Å²) in [5, 5.41) is 5.58. The van der Waals surface area contributed by atoms with Gasteiger partial charge in [-0.25, -0.2) is 0 Å². The molecule has 2 amide bonds. The Labute approximate surface area is 119 Å². The highest BCUT2D eigenvalue weighted by atomic mass is 16.2. The quantitative estimate of drug-likeness (QED) is 0.741. The molecule has 5 nitrogen and oxygen atoms in total. The molecule has 1 atom stereocenters. The number of hydrogen-bond acceptors (Lipinski definition) is 3. The summed E-state index contributed by atoms with van der Waals surface area (Å²) in [6.45, 7) is 6.20. The van der Waals surface area contributed by atoms with E-state index in [0.717, 1.165) is 11.3 Å². The molecule has 0 bridgehead atoms. The second-order valence-corrected chi connectivity index (χ2v) is 4.95. The fraction of sp³-hybridized carbons (Fsp3) is 0.467. The fourth-order valence-electron chi connectivity index (χ4n) is 1.78. The number of anilines is 1. The lowest BCUT2D eigenvalue weighted by atomic mass is 10.1. The molecule has 0 aliphatic heterocycles. The number of rotatable bonds is 6. The third kappa shape index (κ3) is 5.01. The van der Waals surface area contributed by atoms with Gasteiger partial charge in [0.1, 0.15) is 0 Å². The van der Waals surface area contributed by atoms with E-state index in [1.807, 2.05) is 20.8 Å². The average Bonchev–Trinajstić information content (AvgIpc) is 2.39. The Balaban J connectivity index is 2.68. The molecule has 0 heterocycles. The normalized spacial score (nSPS) is 11.8. The average molecular weight is 277 g/mol. The second kappa shape index (κ2) is 7.65. The van der Waals surface area contributed by atoms with Gasteiger partial charge in [-0.15, -0.1) is 0 Å². The lowest BCUT2D eigenvalue weighted by Gasteiger charge is -2.11. The summed E-state index contributed by atoms with van der Waals surface area (Å²) in [4.78, 5) is 23.4. The van der Waals surface area contributed by atoms with Crippen LogP contribution < -0.4 is 16.4 Å². The third-order valence-electron chi connectivity index (χ3n) is 2.93. The van der Waals surface area contributed by atoms with Gasteiger partial charge in [-0.2, -0.15) is 0 Å². The van der Waals surface area contributed by atoms with Crippen LogP contribution in [-0.2, 0) is 4.79 Å². The molecule has 1 rings (SSSR count). The molecule has 5 heteroatoms. The van der Waals surface area contributed by atoms with Crippen molar-refractivity contribution in [3.63, 3.8) is 0 Å². The molecule has 0 spiro atoms. The van der Waals surface area contributed by atoms with Gasteiger partial charge in [0.05, 0.1) is 0 Å². The van der Waals surface area contributed by atoms with Gasteiger partial charge in [-0.05, 0) is 51.0 Å². The van der Waals surface area contributed by atoms with Crippen molar-refractivity contribution in [2.45, 2.75) is 39.7 Å². The van der Waals surface area contributed by atoms with Gasteiger partial charge in [0, 0.05) is 30.3 Å². The number of carbonyl (C=O) groups is 2. The molecule has 0 aliphatic carbocycles. The van der Waals surface area contributed by atoms with Crippen LogP contribution in [0, 0.1) is 6.92 Å².